The highest BCUT2D eigenvalue weighted by Crippen LogP contribution is 2.20. The number of nitrogens with zero attached hydrogens (tertiary/aromatic N) is 8. The fourth-order valence-corrected chi connectivity index (χ4v) is 3.77. The first-order valence-corrected chi connectivity index (χ1v) is 11.2. The Morgan fingerprint density at radius 1 is 1.06 bits per heavy atom. The van der Waals surface area contributed by atoms with Crippen LogP contribution in [-0.2, 0) is 13.6 Å². The summed E-state index contributed by atoms with van der Waals surface area (Å²) in [6.07, 6.45) is 3.58. The molecular weight excluding hydrogens is 450 g/mol. The van der Waals surface area contributed by atoms with Gasteiger partial charge >= 0.3 is 6.03 Å². The van der Waals surface area contributed by atoms with E-state index in [1.54, 1.807) is 29.0 Å². The lowest BCUT2D eigenvalue weighted by atomic mass is 10.2. The van der Waals surface area contributed by atoms with Gasteiger partial charge in [-0.25, -0.2) is 4.79 Å². The van der Waals surface area contributed by atoms with Crippen molar-refractivity contribution in [2.75, 3.05) is 38.6 Å². The predicted octanol–water partition coefficient (Wildman–Crippen LogP) is 2.29. The van der Waals surface area contributed by atoms with Crippen LogP contribution in [0.3, 0.4) is 0 Å². The monoisotopic (exact) mass is 475 g/mol. The summed E-state index contributed by atoms with van der Waals surface area (Å²) in [7, 11) is 3.47. The van der Waals surface area contributed by atoms with Crippen LogP contribution in [0.2, 0.25) is 0 Å². The van der Waals surface area contributed by atoms with Gasteiger partial charge in [0.1, 0.15) is 5.75 Å². The lowest BCUT2D eigenvalue weighted by molar-refractivity contribution is 0.133. The first kappa shape index (κ1) is 22.5. The van der Waals surface area contributed by atoms with Crippen molar-refractivity contribution >= 4 is 11.8 Å². The smallest absolute Gasteiger partial charge is 0.323 e. The van der Waals surface area contributed by atoms with Crippen molar-refractivity contribution < 1.29 is 14.1 Å². The van der Waals surface area contributed by atoms with Gasteiger partial charge in [-0.1, -0.05) is 5.16 Å². The van der Waals surface area contributed by atoms with Crippen LogP contribution >= 0.6 is 0 Å². The summed E-state index contributed by atoms with van der Waals surface area (Å²) in [5.41, 5.74) is 2.42. The molecule has 2 amide bonds. The molecule has 12 heteroatoms. The van der Waals surface area contributed by atoms with Crippen molar-refractivity contribution in [3.05, 3.63) is 54.7 Å². The van der Waals surface area contributed by atoms with Gasteiger partial charge in [0.05, 0.1) is 25.5 Å². The SMILES string of the molecule is COc1ccc(-c2noc(CN3CCN(C(=O)Nc4ccc(-c5cnn(C)c5)nn4)CC3)n2)cc1. The molecule has 0 aliphatic carbocycles. The molecule has 0 unspecified atom stereocenters. The van der Waals surface area contributed by atoms with Crippen molar-refractivity contribution in [1.29, 1.82) is 0 Å². The van der Waals surface area contributed by atoms with Crippen molar-refractivity contribution in [2.24, 2.45) is 7.05 Å². The van der Waals surface area contributed by atoms with Gasteiger partial charge in [0, 0.05) is 50.6 Å². The normalized spacial score (nSPS) is 14.2. The van der Waals surface area contributed by atoms with Crippen LogP contribution in [-0.4, -0.2) is 79.2 Å². The average Bonchev–Trinajstić information content (AvgIpc) is 3.54. The molecule has 1 fully saturated rings. The lowest BCUT2D eigenvalue weighted by Gasteiger charge is -2.33. The molecule has 4 aromatic rings. The van der Waals surface area contributed by atoms with E-state index in [9.17, 15) is 4.79 Å². The fraction of sp³-hybridized carbons (Fsp3) is 0.304. The second-order valence-electron chi connectivity index (χ2n) is 8.14. The van der Waals surface area contributed by atoms with Crippen LogP contribution in [0.4, 0.5) is 10.6 Å². The predicted molar refractivity (Wildman–Crippen MR) is 126 cm³/mol. The molecule has 180 valence electrons. The van der Waals surface area contributed by atoms with E-state index >= 15 is 0 Å². The number of aromatic nitrogens is 6. The highest BCUT2D eigenvalue weighted by atomic mass is 16.5. The average molecular weight is 476 g/mol. The van der Waals surface area contributed by atoms with Crippen molar-refractivity contribution in [1.82, 2.24) is 39.9 Å². The molecule has 0 spiro atoms. The summed E-state index contributed by atoms with van der Waals surface area (Å²) in [6.45, 7) is 3.07. The minimum atomic E-state index is -0.201. The van der Waals surface area contributed by atoms with Crippen molar-refractivity contribution in [3.63, 3.8) is 0 Å². The molecule has 0 bridgehead atoms. The van der Waals surface area contributed by atoms with Gasteiger partial charge in [0.25, 0.3) is 0 Å². The highest BCUT2D eigenvalue weighted by Gasteiger charge is 2.23. The van der Waals surface area contributed by atoms with E-state index in [0.29, 0.717) is 56.0 Å². The Morgan fingerprint density at radius 3 is 2.51 bits per heavy atom. The van der Waals surface area contributed by atoms with E-state index in [4.69, 9.17) is 9.26 Å². The number of carbonyl (C=O) groups excluding carboxylic acids is 1. The molecule has 4 heterocycles. The van der Waals surface area contributed by atoms with Gasteiger partial charge in [-0.05, 0) is 36.4 Å². The standard InChI is InChI=1S/C23H25N9O3/c1-30-14-17(13-24-30)19-7-8-20(28-27-19)25-23(33)32-11-9-31(10-12-32)15-21-26-22(29-35-21)16-3-5-18(34-2)6-4-16/h3-8,13-14H,9-12,15H2,1-2H3,(H,25,28,33). The molecule has 3 aromatic heterocycles. The lowest BCUT2D eigenvalue weighted by Crippen LogP contribution is -2.49. The second kappa shape index (κ2) is 9.89. The summed E-state index contributed by atoms with van der Waals surface area (Å²) >= 11 is 0. The van der Waals surface area contributed by atoms with E-state index < -0.39 is 0 Å². The first-order valence-electron chi connectivity index (χ1n) is 11.2. The van der Waals surface area contributed by atoms with E-state index in [1.165, 1.54) is 0 Å². The zero-order valence-electron chi connectivity index (χ0n) is 19.5. The van der Waals surface area contributed by atoms with Gasteiger partial charge in [-0.15, -0.1) is 10.2 Å². The van der Waals surface area contributed by atoms with Gasteiger partial charge in [-0.2, -0.15) is 10.1 Å². The number of rotatable bonds is 6. The minimum absolute atomic E-state index is 0.201. The summed E-state index contributed by atoms with van der Waals surface area (Å²) in [5, 5.41) is 19.3. The number of hydrogen-bond acceptors (Lipinski definition) is 9. The van der Waals surface area contributed by atoms with Crippen LogP contribution in [0, 0.1) is 0 Å². The summed E-state index contributed by atoms with van der Waals surface area (Å²) < 4.78 is 12.3. The maximum absolute atomic E-state index is 12.7. The zero-order chi connectivity index (χ0) is 24.2. The molecule has 35 heavy (non-hydrogen) atoms. The van der Waals surface area contributed by atoms with Crippen LogP contribution in [0.25, 0.3) is 22.6 Å². The number of methoxy groups -OCH3 is 1. The molecule has 0 atom stereocenters. The maximum atomic E-state index is 12.7. The van der Waals surface area contributed by atoms with Crippen LogP contribution < -0.4 is 10.1 Å². The fourth-order valence-electron chi connectivity index (χ4n) is 3.77. The van der Waals surface area contributed by atoms with Gasteiger partial charge in [0.15, 0.2) is 5.82 Å². The van der Waals surface area contributed by atoms with E-state index in [2.05, 4.69) is 35.7 Å². The third-order valence-electron chi connectivity index (χ3n) is 5.73. The summed E-state index contributed by atoms with van der Waals surface area (Å²) in [5.74, 6) is 2.25. The number of nitrogens with one attached hydrogen (secondary N) is 1. The summed E-state index contributed by atoms with van der Waals surface area (Å²) in [4.78, 5) is 21.1. The van der Waals surface area contributed by atoms with E-state index in [1.807, 2.05) is 43.6 Å². The van der Waals surface area contributed by atoms with E-state index in [0.717, 1.165) is 16.9 Å². The molecule has 1 aliphatic heterocycles. The number of hydrogen-bond donors (Lipinski definition) is 1. The van der Waals surface area contributed by atoms with Gasteiger partial charge in [0.2, 0.25) is 11.7 Å². The number of carbonyl (C=O) groups is 1. The minimum Gasteiger partial charge on any atom is -0.497 e. The van der Waals surface area contributed by atoms with Crippen LogP contribution in [0.15, 0.2) is 53.3 Å². The topological polar surface area (TPSA) is 127 Å². The Kier molecular flexibility index (Phi) is 6.35. The molecular formula is C23H25N9O3. The molecule has 1 saturated heterocycles. The number of ether oxygens (including phenoxy) is 1. The number of benzene rings is 1. The number of aryl methyl sites for hydroxylation is 1. The first-order chi connectivity index (χ1) is 17.1. The Balaban J connectivity index is 1.11. The molecule has 12 nitrogen and oxygen atoms in total. The highest BCUT2D eigenvalue weighted by molar-refractivity contribution is 5.88. The Bertz CT molecular complexity index is 1280. The third kappa shape index (κ3) is 5.27. The molecule has 1 aromatic carbocycles. The quantitative estimate of drug-likeness (QED) is 0.447. The number of urea groups is 1. The number of amides is 2. The number of piperazine rings is 1. The largest absolute Gasteiger partial charge is 0.497 e. The summed E-state index contributed by atoms with van der Waals surface area (Å²) in [6, 6.07) is 10.8. The molecule has 1 aliphatic rings. The van der Waals surface area contributed by atoms with Crippen molar-refractivity contribution in [2.45, 2.75) is 6.54 Å². The maximum Gasteiger partial charge on any atom is 0.323 e. The Labute approximate surface area is 201 Å². The molecule has 5 rings (SSSR count). The molecule has 0 radical (unpaired) electrons. The molecule has 1 N–H and O–H groups in total. The van der Waals surface area contributed by atoms with Gasteiger partial charge in [-0.3, -0.25) is 14.9 Å². The second-order valence-corrected chi connectivity index (χ2v) is 8.14. The van der Waals surface area contributed by atoms with Crippen LogP contribution in [0.5, 0.6) is 5.75 Å². The third-order valence-corrected chi connectivity index (χ3v) is 5.73. The molecule has 0 saturated carbocycles. The number of anilines is 1. The van der Waals surface area contributed by atoms with E-state index in [-0.39, 0.29) is 6.03 Å². The zero-order valence-corrected chi connectivity index (χ0v) is 19.5. The Morgan fingerprint density at radius 2 is 1.86 bits per heavy atom. The van der Waals surface area contributed by atoms with Gasteiger partial charge < -0.3 is 14.2 Å². The van der Waals surface area contributed by atoms with Crippen molar-refractivity contribution in [3.8, 4) is 28.4 Å². The van der Waals surface area contributed by atoms with Crippen LogP contribution in [0.1, 0.15) is 5.89 Å². The Hall–Kier alpha value is -4.32.